The van der Waals surface area contributed by atoms with Gasteiger partial charge in [0, 0.05) is 23.2 Å². The third-order valence-corrected chi connectivity index (χ3v) is 4.19. The Labute approximate surface area is 115 Å². The molecule has 1 aromatic carbocycles. The van der Waals surface area contributed by atoms with Gasteiger partial charge in [-0.05, 0) is 36.8 Å². The van der Waals surface area contributed by atoms with Gasteiger partial charge in [-0.3, -0.25) is 0 Å². The fourth-order valence-electron chi connectivity index (χ4n) is 2.76. The van der Waals surface area contributed by atoms with Crippen LogP contribution in [0.25, 0.3) is 0 Å². The molecule has 0 saturated heterocycles. The third kappa shape index (κ3) is 3.18. The molecule has 3 heteroatoms. The highest BCUT2D eigenvalue weighted by Gasteiger charge is 2.30. The Balaban J connectivity index is 1.98. The van der Waals surface area contributed by atoms with Crippen LogP contribution in [-0.2, 0) is 6.54 Å². The zero-order chi connectivity index (χ0) is 13.2. The highest BCUT2D eigenvalue weighted by molar-refractivity contribution is 6.31. The van der Waals surface area contributed by atoms with Crippen LogP contribution in [0.15, 0.2) is 18.2 Å². The normalized spacial score (nSPS) is 22.1. The van der Waals surface area contributed by atoms with Crippen LogP contribution in [0.1, 0.15) is 38.7 Å². The van der Waals surface area contributed by atoms with E-state index in [1.165, 1.54) is 19.3 Å². The molecule has 2 rings (SSSR count). The monoisotopic (exact) mass is 267 g/mol. The number of ether oxygens (including phenoxy) is 1. The van der Waals surface area contributed by atoms with Gasteiger partial charge in [-0.25, -0.2) is 0 Å². The van der Waals surface area contributed by atoms with Crippen LogP contribution in [0.3, 0.4) is 0 Å². The van der Waals surface area contributed by atoms with E-state index in [9.17, 15) is 0 Å². The van der Waals surface area contributed by atoms with Crippen molar-refractivity contribution in [2.75, 3.05) is 7.11 Å². The number of rotatable bonds is 4. The molecule has 2 nitrogen and oxygen atoms in total. The van der Waals surface area contributed by atoms with Crippen LogP contribution < -0.4 is 10.1 Å². The lowest BCUT2D eigenvalue weighted by Crippen LogP contribution is -2.27. The molecule has 1 aliphatic rings. The van der Waals surface area contributed by atoms with Crippen molar-refractivity contribution in [1.29, 1.82) is 0 Å². The van der Waals surface area contributed by atoms with E-state index in [0.29, 0.717) is 11.5 Å². The number of methoxy groups -OCH3 is 1. The lowest BCUT2D eigenvalue weighted by molar-refractivity contribution is 0.362. The second kappa shape index (κ2) is 5.50. The van der Waals surface area contributed by atoms with Crippen molar-refractivity contribution in [3.05, 3.63) is 28.8 Å². The van der Waals surface area contributed by atoms with Gasteiger partial charge in [0.25, 0.3) is 0 Å². The van der Waals surface area contributed by atoms with Gasteiger partial charge >= 0.3 is 0 Å². The predicted octanol–water partition coefficient (Wildman–Crippen LogP) is 4.02. The van der Waals surface area contributed by atoms with Gasteiger partial charge in [0.2, 0.25) is 0 Å². The van der Waals surface area contributed by atoms with E-state index in [1.807, 2.05) is 18.2 Å². The van der Waals surface area contributed by atoms with Crippen molar-refractivity contribution < 1.29 is 4.74 Å². The summed E-state index contributed by atoms with van der Waals surface area (Å²) in [5.74, 6) is 0.868. The average Bonchev–Trinajstić information content (AvgIpc) is 2.67. The van der Waals surface area contributed by atoms with Gasteiger partial charge in [-0.1, -0.05) is 31.5 Å². The molecule has 100 valence electrons. The lowest BCUT2D eigenvalue weighted by Gasteiger charge is -2.19. The molecule has 0 heterocycles. The standard InChI is InChI=1S/C15H22ClNO/c1-15(2)8-7-11(9-15)17-10-12-13(16)5-4-6-14(12)18-3/h4-6,11,17H,7-10H2,1-3H3. The topological polar surface area (TPSA) is 21.3 Å². The van der Waals surface area contributed by atoms with Gasteiger partial charge < -0.3 is 10.1 Å². The molecule has 0 bridgehead atoms. The Kier molecular flexibility index (Phi) is 4.18. The summed E-state index contributed by atoms with van der Waals surface area (Å²) >= 11 is 6.23. The Morgan fingerprint density at radius 1 is 1.44 bits per heavy atom. The van der Waals surface area contributed by atoms with Crippen LogP contribution >= 0.6 is 11.6 Å². The second-order valence-corrected chi connectivity index (χ2v) is 6.31. The van der Waals surface area contributed by atoms with Crippen LogP contribution in [0, 0.1) is 5.41 Å². The van der Waals surface area contributed by atoms with Crippen LogP contribution in [0.4, 0.5) is 0 Å². The molecule has 0 aliphatic heterocycles. The Morgan fingerprint density at radius 2 is 2.22 bits per heavy atom. The molecule has 1 unspecified atom stereocenters. The molecule has 18 heavy (non-hydrogen) atoms. The van der Waals surface area contributed by atoms with Crippen molar-refractivity contribution in [2.45, 2.75) is 45.7 Å². The molecule has 1 atom stereocenters. The number of benzene rings is 1. The molecule has 0 aromatic heterocycles. The van der Waals surface area contributed by atoms with E-state index >= 15 is 0 Å². The van der Waals surface area contributed by atoms with Crippen LogP contribution in [-0.4, -0.2) is 13.2 Å². The summed E-state index contributed by atoms with van der Waals surface area (Å²) in [5, 5.41) is 4.38. The van der Waals surface area contributed by atoms with Gasteiger partial charge in [0.1, 0.15) is 5.75 Å². The van der Waals surface area contributed by atoms with Crippen LogP contribution in [0.5, 0.6) is 5.75 Å². The maximum absolute atomic E-state index is 6.23. The third-order valence-electron chi connectivity index (χ3n) is 3.83. The first kappa shape index (κ1) is 13.7. The molecule has 1 N–H and O–H groups in total. The van der Waals surface area contributed by atoms with Gasteiger partial charge in [-0.15, -0.1) is 0 Å². The van der Waals surface area contributed by atoms with E-state index in [0.717, 1.165) is 22.9 Å². The Hall–Kier alpha value is -0.730. The number of nitrogens with one attached hydrogen (secondary N) is 1. The molecule has 1 fully saturated rings. The maximum Gasteiger partial charge on any atom is 0.124 e. The first-order valence-electron chi connectivity index (χ1n) is 6.56. The van der Waals surface area contributed by atoms with Gasteiger partial charge in [-0.2, -0.15) is 0 Å². The SMILES string of the molecule is COc1cccc(Cl)c1CNC1CCC(C)(C)C1. The van der Waals surface area contributed by atoms with E-state index < -0.39 is 0 Å². The Morgan fingerprint density at radius 3 is 2.83 bits per heavy atom. The molecule has 1 aliphatic carbocycles. The summed E-state index contributed by atoms with van der Waals surface area (Å²) in [6.45, 7) is 5.46. The van der Waals surface area contributed by atoms with Crippen LogP contribution in [0.2, 0.25) is 5.02 Å². The zero-order valence-corrected chi connectivity index (χ0v) is 12.2. The summed E-state index contributed by atoms with van der Waals surface area (Å²) < 4.78 is 5.36. The van der Waals surface area contributed by atoms with Crippen molar-refractivity contribution >= 4 is 11.6 Å². The highest BCUT2D eigenvalue weighted by Crippen LogP contribution is 2.37. The van der Waals surface area contributed by atoms with E-state index in [2.05, 4.69) is 19.2 Å². The quantitative estimate of drug-likeness (QED) is 0.890. The molecule has 0 spiro atoms. The van der Waals surface area contributed by atoms with Gasteiger partial charge in [0.15, 0.2) is 0 Å². The molecule has 0 amide bonds. The second-order valence-electron chi connectivity index (χ2n) is 5.91. The zero-order valence-electron chi connectivity index (χ0n) is 11.4. The Bertz CT molecular complexity index is 417. The summed E-state index contributed by atoms with van der Waals surface area (Å²) in [6, 6.07) is 6.39. The highest BCUT2D eigenvalue weighted by atomic mass is 35.5. The first-order chi connectivity index (χ1) is 8.52. The smallest absolute Gasteiger partial charge is 0.124 e. The minimum atomic E-state index is 0.474. The predicted molar refractivity (Wildman–Crippen MR) is 76.3 cm³/mol. The molecular weight excluding hydrogens is 246 g/mol. The summed E-state index contributed by atoms with van der Waals surface area (Å²) in [5.41, 5.74) is 1.54. The summed E-state index contributed by atoms with van der Waals surface area (Å²) in [7, 11) is 1.69. The molecule has 0 radical (unpaired) electrons. The van der Waals surface area contributed by atoms with E-state index in [-0.39, 0.29) is 0 Å². The first-order valence-corrected chi connectivity index (χ1v) is 6.94. The summed E-state index contributed by atoms with van der Waals surface area (Å²) in [4.78, 5) is 0. The molecule has 1 aromatic rings. The van der Waals surface area contributed by atoms with Crippen molar-refractivity contribution in [1.82, 2.24) is 5.32 Å². The van der Waals surface area contributed by atoms with E-state index in [4.69, 9.17) is 16.3 Å². The van der Waals surface area contributed by atoms with Crippen molar-refractivity contribution in [3.8, 4) is 5.75 Å². The van der Waals surface area contributed by atoms with E-state index in [1.54, 1.807) is 7.11 Å². The number of hydrogen-bond donors (Lipinski definition) is 1. The van der Waals surface area contributed by atoms with Gasteiger partial charge in [0.05, 0.1) is 7.11 Å². The fourth-order valence-corrected chi connectivity index (χ4v) is 2.99. The molecular formula is C15H22ClNO. The lowest BCUT2D eigenvalue weighted by atomic mass is 9.92. The fraction of sp³-hybridized carbons (Fsp3) is 0.600. The average molecular weight is 268 g/mol. The minimum Gasteiger partial charge on any atom is -0.496 e. The number of hydrogen-bond acceptors (Lipinski definition) is 2. The largest absolute Gasteiger partial charge is 0.496 e. The van der Waals surface area contributed by atoms with Crippen molar-refractivity contribution in [3.63, 3.8) is 0 Å². The van der Waals surface area contributed by atoms with Crippen molar-refractivity contribution in [2.24, 2.45) is 5.41 Å². The maximum atomic E-state index is 6.23. The number of halogens is 1. The molecule has 1 saturated carbocycles. The minimum absolute atomic E-state index is 0.474. The summed E-state index contributed by atoms with van der Waals surface area (Å²) in [6.07, 6.45) is 3.78.